The van der Waals surface area contributed by atoms with Gasteiger partial charge in [-0.25, -0.2) is 0 Å². The molecule has 0 heterocycles. The Morgan fingerprint density at radius 3 is 1.78 bits per heavy atom. The van der Waals surface area contributed by atoms with Gasteiger partial charge in [0.05, 0.1) is 0 Å². The fourth-order valence-electron chi connectivity index (χ4n) is 3.62. The zero-order chi connectivity index (χ0) is 17.0. The van der Waals surface area contributed by atoms with Crippen LogP contribution in [0, 0.1) is 0 Å². The molecule has 1 aromatic carbocycles. The Kier molecular flexibility index (Phi) is 10.1. The first-order valence-corrected chi connectivity index (χ1v) is 9.92. The van der Waals surface area contributed by atoms with E-state index in [0.717, 1.165) is 5.56 Å². The lowest BCUT2D eigenvalue weighted by Gasteiger charge is -2.31. The van der Waals surface area contributed by atoms with Crippen molar-refractivity contribution in [3.05, 3.63) is 29.8 Å². The van der Waals surface area contributed by atoms with Crippen LogP contribution in [0.25, 0.3) is 0 Å². The second kappa shape index (κ2) is 11.5. The topological polar surface area (TPSA) is 20.2 Å². The predicted molar refractivity (Wildman–Crippen MR) is 102 cm³/mol. The first-order valence-electron chi connectivity index (χ1n) is 9.92. The summed E-state index contributed by atoms with van der Waals surface area (Å²) < 4.78 is 0. The SMILES string of the molecule is CCCCCCCCC(C)(CCCCCC)c1ccccc1O. The third-order valence-corrected chi connectivity index (χ3v) is 5.22. The van der Waals surface area contributed by atoms with Crippen LogP contribution in [0.4, 0.5) is 0 Å². The minimum atomic E-state index is 0.129. The smallest absolute Gasteiger partial charge is 0.119 e. The van der Waals surface area contributed by atoms with E-state index in [1.165, 1.54) is 77.0 Å². The van der Waals surface area contributed by atoms with Crippen molar-refractivity contribution in [2.24, 2.45) is 0 Å². The number of hydrogen-bond donors (Lipinski definition) is 1. The molecule has 0 saturated heterocycles. The maximum atomic E-state index is 10.3. The average Bonchev–Trinajstić information content (AvgIpc) is 2.55. The summed E-state index contributed by atoms with van der Waals surface area (Å²) in [7, 11) is 0. The first kappa shape index (κ1) is 20.1. The molecule has 1 rings (SSSR count). The molecule has 0 amide bonds. The molecule has 0 fully saturated rings. The summed E-state index contributed by atoms with van der Waals surface area (Å²) in [5.74, 6) is 0.483. The highest BCUT2D eigenvalue weighted by atomic mass is 16.3. The first-order chi connectivity index (χ1) is 11.1. The fourth-order valence-corrected chi connectivity index (χ4v) is 3.62. The van der Waals surface area contributed by atoms with Crippen molar-refractivity contribution in [3.8, 4) is 5.75 Å². The molecule has 1 N–H and O–H groups in total. The van der Waals surface area contributed by atoms with E-state index < -0.39 is 0 Å². The van der Waals surface area contributed by atoms with Crippen LogP contribution in [0.2, 0.25) is 0 Å². The third-order valence-electron chi connectivity index (χ3n) is 5.22. The number of aromatic hydroxyl groups is 1. The van der Waals surface area contributed by atoms with Crippen molar-refractivity contribution in [1.29, 1.82) is 0 Å². The standard InChI is InChI=1S/C22H38O/c1-4-6-8-10-11-15-19-22(3,18-14-9-7-5-2)20-16-12-13-17-21(20)23/h12-13,16-17,23H,4-11,14-15,18-19H2,1-3H3. The second-order valence-corrected chi connectivity index (χ2v) is 7.41. The van der Waals surface area contributed by atoms with Crippen LogP contribution in [0.15, 0.2) is 24.3 Å². The molecule has 132 valence electrons. The second-order valence-electron chi connectivity index (χ2n) is 7.41. The molecule has 1 aromatic rings. The molecule has 0 aliphatic rings. The van der Waals surface area contributed by atoms with Gasteiger partial charge in [0.15, 0.2) is 0 Å². The van der Waals surface area contributed by atoms with Crippen LogP contribution in [-0.2, 0) is 5.41 Å². The van der Waals surface area contributed by atoms with Crippen molar-refractivity contribution >= 4 is 0 Å². The van der Waals surface area contributed by atoms with Gasteiger partial charge in [-0.15, -0.1) is 0 Å². The van der Waals surface area contributed by atoms with Gasteiger partial charge < -0.3 is 5.11 Å². The lowest BCUT2D eigenvalue weighted by atomic mass is 9.74. The highest BCUT2D eigenvalue weighted by molar-refractivity contribution is 5.38. The minimum Gasteiger partial charge on any atom is -0.508 e. The molecule has 23 heavy (non-hydrogen) atoms. The third kappa shape index (κ3) is 7.42. The van der Waals surface area contributed by atoms with E-state index in [2.05, 4.69) is 32.9 Å². The summed E-state index contributed by atoms with van der Waals surface area (Å²) in [5.41, 5.74) is 1.29. The lowest BCUT2D eigenvalue weighted by molar-refractivity contribution is 0.346. The molecule has 1 atom stereocenters. The Morgan fingerprint density at radius 2 is 1.22 bits per heavy atom. The highest BCUT2D eigenvalue weighted by Crippen LogP contribution is 2.39. The molecular formula is C22H38O. The summed E-state index contributed by atoms with van der Waals surface area (Å²) in [6.45, 7) is 6.89. The molecule has 0 aliphatic heterocycles. The van der Waals surface area contributed by atoms with Crippen molar-refractivity contribution in [1.82, 2.24) is 0 Å². The summed E-state index contributed by atoms with van der Waals surface area (Å²) >= 11 is 0. The molecule has 0 aromatic heterocycles. The van der Waals surface area contributed by atoms with E-state index in [0.29, 0.717) is 5.75 Å². The Labute approximate surface area is 144 Å². The van der Waals surface area contributed by atoms with Gasteiger partial charge in [0.25, 0.3) is 0 Å². The molecule has 1 heteroatoms. The fraction of sp³-hybridized carbons (Fsp3) is 0.727. The van der Waals surface area contributed by atoms with Gasteiger partial charge in [-0.2, -0.15) is 0 Å². The van der Waals surface area contributed by atoms with Crippen molar-refractivity contribution < 1.29 is 5.11 Å². The Morgan fingerprint density at radius 1 is 0.739 bits per heavy atom. The van der Waals surface area contributed by atoms with E-state index in [4.69, 9.17) is 0 Å². The van der Waals surface area contributed by atoms with Crippen LogP contribution < -0.4 is 0 Å². The van der Waals surface area contributed by atoms with Gasteiger partial charge in [0.2, 0.25) is 0 Å². The molecule has 0 bridgehead atoms. The zero-order valence-corrected chi connectivity index (χ0v) is 15.7. The van der Waals surface area contributed by atoms with E-state index in [-0.39, 0.29) is 5.41 Å². The Hall–Kier alpha value is -0.980. The van der Waals surface area contributed by atoms with Crippen molar-refractivity contribution in [2.45, 2.75) is 103 Å². The van der Waals surface area contributed by atoms with Gasteiger partial charge in [-0.3, -0.25) is 0 Å². The van der Waals surface area contributed by atoms with Gasteiger partial charge in [-0.05, 0) is 29.9 Å². The molecular weight excluding hydrogens is 280 g/mol. The maximum Gasteiger partial charge on any atom is 0.119 e. The molecule has 0 saturated carbocycles. The van der Waals surface area contributed by atoms with Crippen LogP contribution in [0.3, 0.4) is 0 Å². The number of phenols is 1. The Balaban J connectivity index is 2.59. The number of benzene rings is 1. The highest BCUT2D eigenvalue weighted by Gasteiger charge is 2.28. The number of rotatable bonds is 13. The van der Waals surface area contributed by atoms with Gasteiger partial charge in [0.1, 0.15) is 5.75 Å². The zero-order valence-electron chi connectivity index (χ0n) is 15.7. The van der Waals surface area contributed by atoms with Gasteiger partial charge >= 0.3 is 0 Å². The molecule has 0 spiro atoms. The summed E-state index contributed by atoms with van der Waals surface area (Å²) in [4.78, 5) is 0. The predicted octanol–water partition coefficient (Wildman–Crippen LogP) is 7.37. The summed E-state index contributed by atoms with van der Waals surface area (Å²) in [5, 5.41) is 10.3. The Bertz CT molecular complexity index is 412. The molecule has 1 nitrogen and oxygen atoms in total. The molecule has 1 unspecified atom stereocenters. The monoisotopic (exact) mass is 318 g/mol. The number of phenolic OH excluding ortho intramolecular Hbond substituents is 1. The maximum absolute atomic E-state index is 10.3. The largest absolute Gasteiger partial charge is 0.508 e. The molecule has 0 radical (unpaired) electrons. The summed E-state index contributed by atoms with van der Waals surface area (Å²) in [6, 6.07) is 7.98. The normalized spacial score (nSPS) is 13.9. The minimum absolute atomic E-state index is 0.129. The number of para-hydroxylation sites is 1. The average molecular weight is 319 g/mol. The van der Waals surface area contributed by atoms with Crippen LogP contribution in [0.5, 0.6) is 5.75 Å². The van der Waals surface area contributed by atoms with Crippen molar-refractivity contribution in [2.75, 3.05) is 0 Å². The number of hydrogen-bond acceptors (Lipinski definition) is 1. The van der Waals surface area contributed by atoms with Crippen LogP contribution >= 0.6 is 0 Å². The quantitative estimate of drug-likeness (QED) is 0.376. The van der Waals surface area contributed by atoms with Gasteiger partial charge in [-0.1, -0.05) is 103 Å². The van der Waals surface area contributed by atoms with Crippen molar-refractivity contribution in [3.63, 3.8) is 0 Å². The van der Waals surface area contributed by atoms with Crippen LogP contribution in [0.1, 0.15) is 103 Å². The van der Waals surface area contributed by atoms with Gasteiger partial charge in [0, 0.05) is 0 Å². The van der Waals surface area contributed by atoms with E-state index in [1.54, 1.807) is 0 Å². The van der Waals surface area contributed by atoms with E-state index in [9.17, 15) is 5.11 Å². The lowest BCUT2D eigenvalue weighted by Crippen LogP contribution is -2.22. The van der Waals surface area contributed by atoms with Crippen LogP contribution in [-0.4, -0.2) is 5.11 Å². The number of unbranched alkanes of at least 4 members (excludes halogenated alkanes) is 8. The van der Waals surface area contributed by atoms with E-state index in [1.807, 2.05) is 12.1 Å². The summed E-state index contributed by atoms with van der Waals surface area (Å²) in [6.07, 6.45) is 15.6. The molecule has 0 aliphatic carbocycles. The van der Waals surface area contributed by atoms with E-state index >= 15 is 0 Å².